The molecule has 6 nitrogen and oxygen atoms in total. The molecule has 2 unspecified atom stereocenters. The van der Waals surface area contributed by atoms with Crippen molar-refractivity contribution < 1.29 is 23.8 Å². The molecule has 2 aromatic rings. The molecular weight excluding hydrogens is 537 g/mol. The fraction of sp³-hybridized carbons (Fsp3) is 0.484. The Labute approximate surface area is 240 Å². The standard InChI is InChI=1S/C31H35Cl2NO5/c1-30(2)28-25(31(28,32)33)23-15-14-21(26(38-4)27(23)39-30)18-34(29(36)20-10-6-5-7-11-20)22-12-8-9-19(17-22)13-16-24(35)37-3/h8-9,12-17,20,25,28H,5-7,10-11,18H2,1-4H3/b16-13+. The zero-order chi connectivity index (χ0) is 27.9. The highest BCUT2D eigenvalue weighted by Crippen LogP contribution is 2.73. The van der Waals surface area contributed by atoms with Crippen LogP contribution in [-0.4, -0.2) is 36.0 Å². The molecule has 0 spiro atoms. The van der Waals surface area contributed by atoms with Gasteiger partial charge in [0.05, 0.1) is 20.8 Å². The van der Waals surface area contributed by atoms with Gasteiger partial charge in [-0.25, -0.2) is 4.79 Å². The lowest BCUT2D eigenvalue weighted by atomic mass is 9.88. The number of anilines is 1. The van der Waals surface area contributed by atoms with Gasteiger partial charge in [0.15, 0.2) is 11.5 Å². The fourth-order valence-electron chi connectivity index (χ4n) is 6.29. The van der Waals surface area contributed by atoms with Gasteiger partial charge < -0.3 is 19.1 Å². The van der Waals surface area contributed by atoms with E-state index in [1.165, 1.54) is 13.2 Å². The molecule has 0 aromatic heterocycles. The van der Waals surface area contributed by atoms with Crippen LogP contribution in [0, 0.1) is 11.8 Å². The highest BCUT2D eigenvalue weighted by Gasteiger charge is 2.73. The molecule has 0 bridgehead atoms. The predicted molar refractivity (Wildman–Crippen MR) is 154 cm³/mol. The van der Waals surface area contributed by atoms with Crippen LogP contribution in [0.5, 0.6) is 11.5 Å². The highest BCUT2D eigenvalue weighted by molar-refractivity contribution is 6.52. The van der Waals surface area contributed by atoms with Crippen molar-refractivity contribution in [3.8, 4) is 11.5 Å². The van der Waals surface area contributed by atoms with Crippen molar-refractivity contribution in [3.63, 3.8) is 0 Å². The van der Waals surface area contributed by atoms with Crippen LogP contribution in [0.25, 0.3) is 6.08 Å². The molecule has 0 saturated heterocycles. The molecule has 8 heteroatoms. The van der Waals surface area contributed by atoms with Crippen LogP contribution >= 0.6 is 23.2 Å². The number of alkyl halides is 2. The molecule has 2 aromatic carbocycles. The second kappa shape index (κ2) is 10.7. The minimum absolute atomic E-state index is 0.0125. The van der Waals surface area contributed by atoms with Crippen molar-refractivity contribution >= 4 is 46.8 Å². The number of amides is 1. The number of ether oxygens (including phenoxy) is 3. The summed E-state index contributed by atoms with van der Waals surface area (Å²) < 4.78 is 16.2. The summed E-state index contributed by atoms with van der Waals surface area (Å²) in [6, 6.07) is 11.6. The smallest absolute Gasteiger partial charge is 0.330 e. The molecule has 0 radical (unpaired) electrons. The number of hydrogen-bond acceptors (Lipinski definition) is 5. The number of halogens is 2. The molecule has 2 aliphatic carbocycles. The number of nitrogens with zero attached hydrogens (tertiary/aromatic N) is 1. The summed E-state index contributed by atoms with van der Waals surface area (Å²) in [4.78, 5) is 27.5. The second-order valence-corrected chi connectivity index (χ2v) is 12.7. The molecule has 1 aliphatic heterocycles. The first-order valence-electron chi connectivity index (χ1n) is 13.5. The van der Waals surface area contributed by atoms with Crippen molar-refractivity contribution in [2.75, 3.05) is 19.1 Å². The Morgan fingerprint density at radius 1 is 1.10 bits per heavy atom. The number of carbonyl (C=O) groups excluding carboxylic acids is 2. The van der Waals surface area contributed by atoms with E-state index in [-0.39, 0.29) is 23.7 Å². The van der Waals surface area contributed by atoms with E-state index >= 15 is 0 Å². The number of hydrogen-bond donors (Lipinski definition) is 0. The molecule has 2 saturated carbocycles. The van der Waals surface area contributed by atoms with Gasteiger partial charge in [0.25, 0.3) is 0 Å². The number of benzene rings is 2. The first kappa shape index (κ1) is 27.9. The summed E-state index contributed by atoms with van der Waals surface area (Å²) in [5.74, 6) is 0.803. The molecule has 5 rings (SSSR count). The zero-order valence-corrected chi connectivity index (χ0v) is 24.3. The minimum Gasteiger partial charge on any atom is -0.492 e. The maximum Gasteiger partial charge on any atom is 0.330 e. The van der Waals surface area contributed by atoms with E-state index in [0.717, 1.165) is 54.5 Å². The van der Waals surface area contributed by atoms with Gasteiger partial charge in [-0.05, 0) is 50.5 Å². The molecule has 39 heavy (non-hydrogen) atoms. The average Bonchev–Trinajstić information content (AvgIpc) is 3.53. The van der Waals surface area contributed by atoms with Crippen LogP contribution in [-0.2, 0) is 20.9 Å². The normalized spacial score (nSPS) is 22.8. The van der Waals surface area contributed by atoms with E-state index in [2.05, 4.69) is 0 Å². The lowest BCUT2D eigenvalue weighted by Gasteiger charge is -2.34. The Kier molecular flexibility index (Phi) is 7.64. The summed E-state index contributed by atoms with van der Waals surface area (Å²) in [6.07, 6.45) is 8.09. The van der Waals surface area contributed by atoms with Crippen LogP contribution in [0.3, 0.4) is 0 Å². The predicted octanol–water partition coefficient (Wildman–Crippen LogP) is 7.05. The van der Waals surface area contributed by atoms with Crippen LogP contribution < -0.4 is 14.4 Å². The molecular formula is C31H35Cl2NO5. The first-order chi connectivity index (χ1) is 18.6. The first-order valence-corrected chi connectivity index (χ1v) is 14.3. The summed E-state index contributed by atoms with van der Waals surface area (Å²) in [5.41, 5.74) is 2.75. The number of esters is 1. The molecule has 1 heterocycles. The molecule has 2 fully saturated rings. The van der Waals surface area contributed by atoms with Crippen LogP contribution in [0.2, 0.25) is 0 Å². The Balaban J connectivity index is 1.53. The second-order valence-electron chi connectivity index (χ2n) is 11.2. The van der Waals surface area contributed by atoms with Crippen molar-refractivity contribution in [1.82, 2.24) is 0 Å². The third-order valence-corrected chi connectivity index (χ3v) is 9.22. The summed E-state index contributed by atoms with van der Waals surface area (Å²) >= 11 is 13.4. The number of rotatable bonds is 7. The minimum atomic E-state index is -0.886. The molecule has 208 valence electrons. The van der Waals surface area contributed by atoms with E-state index in [4.69, 9.17) is 37.4 Å². The Hall–Kier alpha value is -2.70. The molecule has 3 aliphatic rings. The third-order valence-electron chi connectivity index (χ3n) is 8.27. The third kappa shape index (κ3) is 5.26. The fourth-order valence-corrected chi connectivity index (χ4v) is 7.43. The van der Waals surface area contributed by atoms with E-state index in [1.807, 2.05) is 55.1 Å². The summed E-state index contributed by atoms with van der Waals surface area (Å²) in [5, 5.41) is 0. The van der Waals surface area contributed by atoms with Crippen LogP contribution in [0.1, 0.15) is 68.6 Å². The van der Waals surface area contributed by atoms with E-state index in [0.29, 0.717) is 18.0 Å². The van der Waals surface area contributed by atoms with E-state index in [9.17, 15) is 9.59 Å². The van der Waals surface area contributed by atoms with Gasteiger partial charge >= 0.3 is 5.97 Å². The van der Waals surface area contributed by atoms with Crippen molar-refractivity contribution in [2.24, 2.45) is 11.8 Å². The summed E-state index contributed by atoms with van der Waals surface area (Å²) in [6.45, 7) is 4.30. The van der Waals surface area contributed by atoms with Gasteiger partial charge in [-0.3, -0.25) is 4.79 Å². The Bertz CT molecular complexity index is 1300. The van der Waals surface area contributed by atoms with Crippen LogP contribution in [0.15, 0.2) is 42.5 Å². The van der Waals surface area contributed by atoms with Gasteiger partial charge in [0.2, 0.25) is 5.91 Å². The quantitative estimate of drug-likeness (QED) is 0.202. The van der Waals surface area contributed by atoms with Crippen molar-refractivity contribution in [1.29, 1.82) is 0 Å². The van der Waals surface area contributed by atoms with Crippen molar-refractivity contribution in [3.05, 3.63) is 59.2 Å². The van der Waals surface area contributed by atoms with Gasteiger partial charge in [0.1, 0.15) is 9.93 Å². The monoisotopic (exact) mass is 571 g/mol. The topological polar surface area (TPSA) is 65.1 Å². The average molecular weight is 573 g/mol. The van der Waals surface area contributed by atoms with Gasteiger partial charge in [-0.1, -0.05) is 43.5 Å². The number of fused-ring (bicyclic) bond motifs is 3. The molecule has 1 amide bonds. The lowest BCUT2D eigenvalue weighted by Crippen LogP contribution is -2.37. The molecule has 2 atom stereocenters. The lowest BCUT2D eigenvalue weighted by molar-refractivity contribution is -0.134. The van der Waals surface area contributed by atoms with Crippen molar-refractivity contribution in [2.45, 2.75) is 68.3 Å². The maximum absolute atomic E-state index is 14.0. The van der Waals surface area contributed by atoms with Gasteiger partial charge in [-0.2, -0.15) is 0 Å². The van der Waals surface area contributed by atoms with E-state index in [1.54, 1.807) is 13.2 Å². The van der Waals surface area contributed by atoms with Crippen LogP contribution in [0.4, 0.5) is 5.69 Å². The SMILES string of the molecule is COC(=O)/C=C/c1cccc(N(Cc2ccc3c(c2OC)OC(C)(C)C2C3C2(Cl)Cl)C(=O)C2CCCCC2)c1. The Morgan fingerprint density at radius 3 is 2.54 bits per heavy atom. The molecule has 0 N–H and O–H groups in total. The number of carbonyl (C=O) groups is 2. The largest absolute Gasteiger partial charge is 0.492 e. The number of methoxy groups -OCH3 is 2. The summed E-state index contributed by atoms with van der Waals surface area (Å²) in [7, 11) is 2.96. The Morgan fingerprint density at radius 2 is 1.85 bits per heavy atom. The van der Waals surface area contributed by atoms with Gasteiger partial charge in [0, 0.05) is 40.6 Å². The maximum atomic E-state index is 14.0. The highest BCUT2D eigenvalue weighted by atomic mass is 35.5. The van der Waals surface area contributed by atoms with E-state index < -0.39 is 15.9 Å². The van der Waals surface area contributed by atoms with Gasteiger partial charge in [-0.15, -0.1) is 23.2 Å². The zero-order valence-electron chi connectivity index (χ0n) is 22.8.